The molecule has 0 saturated heterocycles. The second-order valence-corrected chi connectivity index (χ2v) is 6.66. The average Bonchev–Trinajstić information content (AvgIpc) is 3.17. The lowest BCUT2D eigenvalue weighted by Crippen LogP contribution is -2.13. The highest BCUT2D eigenvalue weighted by molar-refractivity contribution is 6.05. The number of pyridine rings is 1. The van der Waals surface area contributed by atoms with E-state index in [2.05, 4.69) is 10.3 Å². The number of hydrogen-bond donors (Lipinski definition) is 1. The topological polar surface area (TPSA) is 79.4 Å². The number of amides is 1. The maximum Gasteiger partial charge on any atom is 0.255 e. The maximum atomic E-state index is 12.7. The molecular formula is C23H18N4O2. The van der Waals surface area contributed by atoms with E-state index in [0.717, 1.165) is 22.5 Å². The first kappa shape index (κ1) is 18.3. The number of imidazole rings is 1. The Morgan fingerprint density at radius 2 is 2.03 bits per heavy atom. The highest BCUT2D eigenvalue weighted by atomic mass is 16.5. The van der Waals surface area contributed by atoms with E-state index in [1.54, 1.807) is 37.4 Å². The molecule has 0 saturated carbocycles. The van der Waals surface area contributed by atoms with Crippen molar-refractivity contribution in [1.82, 2.24) is 9.38 Å². The van der Waals surface area contributed by atoms with Crippen molar-refractivity contribution in [3.05, 3.63) is 83.7 Å². The highest BCUT2D eigenvalue weighted by Gasteiger charge is 2.13. The van der Waals surface area contributed by atoms with Crippen LogP contribution in [0.25, 0.3) is 16.9 Å². The van der Waals surface area contributed by atoms with Gasteiger partial charge in [0.2, 0.25) is 0 Å². The number of anilines is 1. The quantitative estimate of drug-likeness (QED) is 0.566. The molecule has 6 heteroatoms. The molecule has 4 aromatic rings. The fourth-order valence-corrected chi connectivity index (χ4v) is 3.11. The van der Waals surface area contributed by atoms with Crippen molar-refractivity contribution in [2.45, 2.75) is 6.92 Å². The molecule has 2 heterocycles. The third kappa shape index (κ3) is 3.66. The Balaban J connectivity index is 1.69. The summed E-state index contributed by atoms with van der Waals surface area (Å²) in [5, 5.41) is 11.9. The molecule has 29 heavy (non-hydrogen) atoms. The SMILES string of the molecule is COc1ccc(-c2cn3ccc(C)cc3n2)cc1NC(=O)c1cccc(C#N)c1. The van der Waals surface area contributed by atoms with Crippen LogP contribution in [0.4, 0.5) is 5.69 Å². The largest absolute Gasteiger partial charge is 0.495 e. The number of aryl methyl sites for hydroxylation is 1. The van der Waals surface area contributed by atoms with Crippen molar-refractivity contribution in [2.24, 2.45) is 0 Å². The molecule has 0 fully saturated rings. The number of fused-ring (bicyclic) bond motifs is 1. The Bertz CT molecular complexity index is 1270. The second-order valence-electron chi connectivity index (χ2n) is 6.66. The first-order valence-electron chi connectivity index (χ1n) is 9.02. The number of carbonyl (C=O) groups excluding carboxylic acids is 1. The zero-order chi connectivity index (χ0) is 20.4. The Labute approximate surface area is 168 Å². The summed E-state index contributed by atoms with van der Waals surface area (Å²) < 4.78 is 7.36. The fourth-order valence-electron chi connectivity index (χ4n) is 3.11. The van der Waals surface area contributed by atoms with Crippen LogP contribution < -0.4 is 10.1 Å². The summed E-state index contributed by atoms with van der Waals surface area (Å²) in [7, 11) is 1.55. The minimum absolute atomic E-state index is 0.317. The number of methoxy groups -OCH3 is 1. The number of ether oxygens (including phenoxy) is 1. The van der Waals surface area contributed by atoms with Crippen molar-refractivity contribution in [1.29, 1.82) is 5.26 Å². The number of nitrogens with one attached hydrogen (secondary N) is 1. The van der Waals surface area contributed by atoms with E-state index in [1.165, 1.54) is 0 Å². The van der Waals surface area contributed by atoms with E-state index >= 15 is 0 Å². The van der Waals surface area contributed by atoms with Crippen molar-refractivity contribution in [3.63, 3.8) is 0 Å². The van der Waals surface area contributed by atoms with Crippen LogP contribution in [-0.2, 0) is 0 Å². The van der Waals surface area contributed by atoms with Crippen molar-refractivity contribution in [2.75, 3.05) is 12.4 Å². The number of hydrogen-bond acceptors (Lipinski definition) is 4. The Morgan fingerprint density at radius 1 is 1.17 bits per heavy atom. The van der Waals surface area contributed by atoms with Crippen LogP contribution >= 0.6 is 0 Å². The molecule has 142 valence electrons. The number of nitrogens with zero attached hydrogens (tertiary/aromatic N) is 3. The molecule has 1 N–H and O–H groups in total. The molecule has 0 radical (unpaired) electrons. The van der Waals surface area contributed by atoms with E-state index in [-0.39, 0.29) is 5.91 Å². The van der Waals surface area contributed by atoms with Gasteiger partial charge in [-0.05, 0) is 61.0 Å². The number of aromatic nitrogens is 2. The minimum atomic E-state index is -0.317. The summed E-state index contributed by atoms with van der Waals surface area (Å²) >= 11 is 0. The van der Waals surface area contributed by atoms with Crippen LogP contribution in [0, 0.1) is 18.3 Å². The van der Waals surface area contributed by atoms with Crippen molar-refractivity contribution in [3.8, 4) is 23.1 Å². The van der Waals surface area contributed by atoms with Gasteiger partial charge in [0, 0.05) is 23.5 Å². The molecular weight excluding hydrogens is 364 g/mol. The van der Waals surface area contributed by atoms with E-state index in [1.807, 2.05) is 54.1 Å². The van der Waals surface area contributed by atoms with Gasteiger partial charge in [-0.2, -0.15) is 5.26 Å². The predicted molar refractivity (Wildman–Crippen MR) is 111 cm³/mol. The lowest BCUT2D eigenvalue weighted by atomic mass is 10.1. The molecule has 2 aromatic heterocycles. The van der Waals surface area contributed by atoms with Gasteiger partial charge in [0.05, 0.1) is 30.1 Å². The molecule has 1 amide bonds. The number of benzene rings is 2. The van der Waals surface area contributed by atoms with Crippen molar-refractivity contribution >= 4 is 17.2 Å². The molecule has 0 spiro atoms. The summed E-state index contributed by atoms with van der Waals surface area (Å²) in [6.45, 7) is 2.02. The van der Waals surface area contributed by atoms with Crippen molar-refractivity contribution < 1.29 is 9.53 Å². The standard InChI is InChI=1S/C23H18N4O2/c1-15-8-9-27-14-20(25-22(27)10-15)17-6-7-21(29-2)19(12-17)26-23(28)18-5-3-4-16(11-18)13-24/h3-12,14H,1-2H3,(H,26,28). The van der Waals surface area contributed by atoms with E-state index in [9.17, 15) is 4.79 Å². The van der Waals surface area contributed by atoms with Gasteiger partial charge in [0.1, 0.15) is 11.4 Å². The molecule has 6 nitrogen and oxygen atoms in total. The molecule has 0 unspecified atom stereocenters. The lowest BCUT2D eigenvalue weighted by Gasteiger charge is -2.12. The average molecular weight is 382 g/mol. The van der Waals surface area contributed by atoms with E-state index < -0.39 is 0 Å². The van der Waals surface area contributed by atoms with Crippen LogP contribution in [0.15, 0.2) is 67.0 Å². The van der Waals surface area contributed by atoms with E-state index in [0.29, 0.717) is 22.6 Å². The maximum absolute atomic E-state index is 12.7. The third-order valence-electron chi connectivity index (χ3n) is 4.61. The number of nitriles is 1. The van der Waals surface area contributed by atoms with Gasteiger partial charge in [0.25, 0.3) is 5.91 Å². The molecule has 0 bridgehead atoms. The van der Waals surface area contributed by atoms with Gasteiger partial charge < -0.3 is 14.5 Å². The van der Waals surface area contributed by atoms with Crippen LogP contribution in [0.1, 0.15) is 21.5 Å². The first-order chi connectivity index (χ1) is 14.1. The normalized spacial score (nSPS) is 10.5. The Morgan fingerprint density at radius 3 is 2.83 bits per heavy atom. The van der Waals surface area contributed by atoms with Gasteiger partial charge >= 0.3 is 0 Å². The van der Waals surface area contributed by atoms with Gasteiger partial charge in [-0.3, -0.25) is 4.79 Å². The monoisotopic (exact) mass is 382 g/mol. The molecule has 0 aliphatic rings. The molecule has 0 aliphatic carbocycles. The Hall–Kier alpha value is -4.11. The summed E-state index contributed by atoms with van der Waals surface area (Å²) in [6.07, 6.45) is 3.91. The van der Waals surface area contributed by atoms with Gasteiger partial charge in [-0.1, -0.05) is 6.07 Å². The van der Waals surface area contributed by atoms with Gasteiger partial charge in [-0.15, -0.1) is 0 Å². The lowest BCUT2D eigenvalue weighted by molar-refractivity contribution is 0.102. The smallest absolute Gasteiger partial charge is 0.255 e. The number of carbonyl (C=O) groups is 1. The molecule has 0 aliphatic heterocycles. The van der Waals surface area contributed by atoms with Crippen LogP contribution in [0.3, 0.4) is 0 Å². The van der Waals surface area contributed by atoms with E-state index in [4.69, 9.17) is 10.00 Å². The Kier molecular flexibility index (Phi) is 4.71. The van der Waals surface area contributed by atoms with Crippen LogP contribution in [0.2, 0.25) is 0 Å². The minimum Gasteiger partial charge on any atom is -0.495 e. The second kappa shape index (κ2) is 7.49. The third-order valence-corrected chi connectivity index (χ3v) is 4.61. The van der Waals surface area contributed by atoms with Gasteiger partial charge in [0.15, 0.2) is 0 Å². The molecule has 2 aromatic carbocycles. The van der Waals surface area contributed by atoms with Gasteiger partial charge in [-0.25, -0.2) is 4.98 Å². The zero-order valence-corrected chi connectivity index (χ0v) is 16.0. The first-order valence-corrected chi connectivity index (χ1v) is 9.02. The summed E-state index contributed by atoms with van der Waals surface area (Å²) in [6, 6.07) is 18.2. The highest BCUT2D eigenvalue weighted by Crippen LogP contribution is 2.31. The summed E-state index contributed by atoms with van der Waals surface area (Å²) in [5.74, 6) is 0.223. The fraction of sp³-hybridized carbons (Fsp3) is 0.0870. The molecule has 0 atom stereocenters. The zero-order valence-electron chi connectivity index (χ0n) is 16.0. The predicted octanol–water partition coefficient (Wildman–Crippen LogP) is 4.44. The van der Waals surface area contributed by atoms with Crippen LogP contribution in [0.5, 0.6) is 5.75 Å². The summed E-state index contributed by atoms with van der Waals surface area (Å²) in [4.78, 5) is 17.4. The molecule has 4 rings (SSSR count). The van der Waals surface area contributed by atoms with Crippen LogP contribution in [-0.4, -0.2) is 22.4 Å². The summed E-state index contributed by atoms with van der Waals surface area (Å²) in [5.41, 5.74) is 5.00. The number of rotatable bonds is 4.